The molecular weight excluding hydrogens is 573 g/mol. The number of benzene rings is 3. The summed E-state index contributed by atoms with van der Waals surface area (Å²) in [5.41, 5.74) is 0.769. The Morgan fingerprint density at radius 3 is 2.32 bits per heavy atom. The van der Waals surface area contributed by atoms with Crippen LogP contribution >= 0.6 is 11.6 Å². The first-order chi connectivity index (χ1) is 19.6. The van der Waals surface area contributed by atoms with Gasteiger partial charge in [0.2, 0.25) is 11.8 Å². The number of halogens is 2. The minimum absolute atomic E-state index is 0.0258. The van der Waals surface area contributed by atoms with Gasteiger partial charge in [-0.3, -0.25) is 13.9 Å². The van der Waals surface area contributed by atoms with Gasteiger partial charge in [0, 0.05) is 24.2 Å². The number of ether oxygens (including phenoxy) is 2. The van der Waals surface area contributed by atoms with Crippen molar-refractivity contribution in [3.8, 4) is 11.5 Å². The average molecular weight is 604 g/mol. The van der Waals surface area contributed by atoms with Crippen LogP contribution in [-0.4, -0.2) is 57.5 Å². The summed E-state index contributed by atoms with van der Waals surface area (Å²) in [4.78, 5) is 28.0. The Hall–Kier alpha value is -3.83. The van der Waals surface area contributed by atoms with E-state index in [1.807, 2.05) is 6.92 Å². The molecule has 4 rings (SSSR count). The molecule has 1 N–H and O–H groups in total. The molecule has 41 heavy (non-hydrogen) atoms. The number of hydrogen-bond acceptors (Lipinski definition) is 6. The SMILES string of the molecule is CCCNC(=O)C(C)N(Cc1ccc(Cl)cc1)C(=O)CN(c1ccc(F)cc1)S(=O)(=O)c1ccc2c(c1)OCCO2. The molecular formula is C29H31ClFN3O6S. The van der Waals surface area contributed by atoms with E-state index >= 15 is 0 Å². The first-order valence-corrected chi connectivity index (χ1v) is 14.9. The van der Waals surface area contributed by atoms with Crippen LogP contribution < -0.4 is 19.1 Å². The molecule has 3 aromatic rings. The third kappa shape index (κ3) is 7.28. The number of sulfonamides is 1. The zero-order chi connectivity index (χ0) is 29.6. The number of hydrogen-bond donors (Lipinski definition) is 1. The predicted octanol–water partition coefficient (Wildman–Crippen LogP) is 4.39. The van der Waals surface area contributed by atoms with Crippen molar-refractivity contribution in [2.24, 2.45) is 0 Å². The topological polar surface area (TPSA) is 105 Å². The number of anilines is 1. The molecule has 2 amide bonds. The normalized spacial score (nSPS) is 13.3. The number of carbonyl (C=O) groups is 2. The summed E-state index contributed by atoms with van der Waals surface area (Å²) in [7, 11) is -4.36. The summed E-state index contributed by atoms with van der Waals surface area (Å²) >= 11 is 6.02. The zero-order valence-electron chi connectivity index (χ0n) is 22.7. The lowest BCUT2D eigenvalue weighted by Crippen LogP contribution is -2.51. The van der Waals surface area contributed by atoms with Crippen molar-refractivity contribution >= 4 is 39.1 Å². The van der Waals surface area contributed by atoms with Crippen molar-refractivity contribution in [2.75, 3.05) is 30.6 Å². The fourth-order valence-corrected chi connectivity index (χ4v) is 5.77. The molecule has 0 radical (unpaired) electrons. The molecule has 0 bridgehead atoms. The van der Waals surface area contributed by atoms with Gasteiger partial charge in [-0.05, 0) is 67.4 Å². The van der Waals surface area contributed by atoms with Crippen molar-refractivity contribution in [1.82, 2.24) is 10.2 Å². The molecule has 3 aromatic carbocycles. The lowest BCUT2D eigenvalue weighted by molar-refractivity contribution is -0.139. The Bertz CT molecular complexity index is 1490. The second-order valence-corrected chi connectivity index (χ2v) is 11.7. The molecule has 0 aliphatic carbocycles. The van der Waals surface area contributed by atoms with Gasteiger partial charge in [0.15, 0.2) is 11.5 Å². The average Bonchev–Trinajstić information content (AvgIpc) is 2.98. The van der Waals surface area contributed by atoms with Crippen LogP contribution in [0.3, 0.4) is 0 Å². The highest BCUT2D eigenvalue weighted by Gasteiger charge is 2.33. The first-order valence-electron chi connectivity index (χ1n) is 13.1. The molecule has 1 atom stereocenters. The summed E-state index contributed by atoms with van der Waals surface area (Å²) in [6, 6.07) is 14.8. The molecule has 0 fully saturated rings. The Labute approximate surface area is 243 Å². The number of nitrogens with zero attached hydrogens (tertiary/aromatic N) is 2. The second kappa shape index (κ2) is 13.2. The van der Waals surface area contributed by atoms with Gasteiger partial charge in [0.1, 0.15) is 31.6 Å². The summed E-state index contributed by atoms with van der Waals surface area (Å²) in [6.07, 6.45) is 0.704. The fourth-order valence-electron chi connectivity index (χ4n) is 4.21. The lowest BCUT2D eigenvalue weighted by atomic mass is 10.1. The van der Waals surface area contributed by atoms with E-state index < -0.39 is 34.3 Å². The van der Waals surface area contributed by atoms with Crippen LogP contribution in [0.1, 0.15) is 25.8 Å². The van der Waals surface area contributed by atoms with Crippen molar-refractivity contribution in [1.29, 1.82) is 0 Å². The lowest BCUT2D eigenvalue weighted by Gasteiger charge is -2.32. The summed E-state index contributed by atoms with van der Waals surface area (Å²) in [6.45, 7) is 3.88. The highest BCUT2D eigenvalue weighted by atomic mass is 35.5. The van der Waals surface area contributed by atoms with Gasteiger partial charge in [-0.2, -0.15) is 0 Å². The minimum atomic E-state index is -4.36. The Kier molecular flexibility index (Phi) is 9.72. The van der Waals surface area contributed by atoms with Crippen LogP contribution in [0.5, 0.6) is 11.5 Å². The van der Waals surface area contributed by atoms with Gasteiger partial charge in [-0.25, -0.2) is 12.8 Å². The molecule has 12 heteroatoms. The van der Waals surface area contributed by atoms with Crippen LogP contribution in [0.2, 0.25) is 5.02 Å². The van der Waals surface area contributed by atoms with Crippen molar-refractivity contribution < 1.29 is 31.9 Å². The Morgan fingerprint density at radius 2 is 1.66 bits per heavy atom. The quantitative estimate of drug-likeness (QED) is 0.349. The number of carbonyl (C=O) groups excluding carboxylic acids is 2. The molecule has 1 heterocycles. The Morgan fingerprint density at radius 1 is 1.00 bits per heavy atom. The molecule has 1 aliphatic heterocycles. The summed E-state index contributed by atoms with van der Waals surface area (Å²) in [5, 5.41) is 3.29. The summed E-state index contributed by atoms with van der Waals surface area (Å²) < 4.78 is 53.7. The monoisotopic (exact) mass is 603 g/mol. The van der Waals surface area contributed by atoms with E-state index in [9.17, 15) is 22.4 Å². The first kappa shape index (κ1) is 30.1. The van der Waals surface area contributed by atoms with Gasteiger partial charge in [0.25, 0.3) is 10.0 Å². The van der Waals surface area contributed by atoms with E-state index in [-0.39, 0.29) is 35.4 Å². The van der Waals surface area contributed by atoms with E-state index in [4.69, 9.17) is 21.1 Å². The number of rotatable bonds is 11. The third-order valence-corrected chi connectivity index (χ3v) is 8.50. The van der Waals surface area contributed by atoms with Crippen molar-refractivity contribution in [2.45, 2.75) is 37.8 Å². The smallest absolute Gasteiger partial charge is 0.264 e. The molecule has 9 nitrogen and oxygen atoms in total. The predicted molar refractivity (Wildman–Crippen MR) is 153 cm³/mol. The van der Waals surface area contributed by atoms with Gasteiger partial charge in [-0.1, -0.05) is 30.7 Å². The van der Waals surface area contributed by atoms with Gasteiger partial charge in [0.05, 0.1) is 10.6 Å². The van der Waals surface area contributed by atoms with Gasteiger partial charge in [-0.15, -0.1) is 0 Å². The molecule has 218 valence electrons. The molecule has 0 saturated carbocycles. The van der Waals surface area contributed by atoms with E-state index in [1.54, 1.807) is 31.2 Å². The van der Waals surface area contributed by atoms with Gasteiger partial charge < -0.3 is 19.7 Å². The maximum Gasteiger partial charge on any atom is 0.264 e. The summed E-state index contributed by atoms with van der Waals surface area (Å²) in [5.74, 6) is -0.918. The number of amides is 2. The molecule has 1 aliphatic rings. The van der Waals surface area contributed by atoms with Crippen LogP contribution in [0.4, 0.5) is 10.1 Å². The van der Waals surface area contributed by atoms with E-state index in [1.165, 1.54) is 35.2 Å². The molecule has 0 spiro atoms. The van der Waals surface area contributed by atoms with Crippen molar-refractivity contribution in [3.05, 3.63) is 83.1 Å². The largest absolute Gasteiger partial charge is 0.486 e. The number of nitrogens with one attached hydrogen (secondary N) is 1. The molecule has 1 unspecified atom stereocenters. The van der Waals surface area contributed by atoms with Crippen LogP contribution in [0.25, 0.3) is 0 Å². The van der Waals surface area contributed by atoms with Crippen LogP contribution in [-0.2, 0) is 26.2 Å². The fraction of sp³-hybridized carbons (Fsp3) is 0.310. The highest BCUT2D eigenvalue weighted by molar-refractivity contribution is 7.92. The van der Waals surface area contributed by atoms with Crippen LogP contribution in [0, 0.1) is 5.82 Å². The third-order valence-electron chi connectivity index (χ3n) is 6.48. The standard InChI is InChI=1S/C29H31ClFN3O6S/c1-3-14-32-29(36)20(2)33(18-21-4-6-22(30)7-5-21)28(35)19-34(24-10-8-23(31)9-11-24)41(37,38)25-12-13-26-27(17-25)40-16-15-39-26/h4-13,17,20H,3,14-16,18-19H2,1-2H3,(H,32,36). The van der Waals surface area contributed by atoms with Crippen LogP contribution in [0.15, 0.2) is 71.6 Å². The van der Waals surface area contributed by atoms with E-state index in [0.717, 1.165) is 16.4 Å². The van der Waals surface area contributed by atoms with Gasteiger partial charge >= 0.3 is 0 Å². The minimum Gasteiger partial charge on any atom is -0.486 e. The Balaban J connectivity index is 1.71. The maximum atomic E-state index is 14.0. The number of fused-ring (bicyclic) bond motifs is 1. The zero-order valence-corrected chi connectivity index (χ0v) is 24.3. The van der Waals surface area contributed by atoms with E-state index in [0.29, 0.717) is 35.9 Å². The highest BCUT2D eigenvalue weighted by Crippen LogP contribution is 2.34. The second-order valence-electron chi connectivity index (χ2n) is 9.41. The van der Waals surface area contributed by atoms with Crippen molar-refractivity contribution in [3.63, 3.8) is 0 Å². The van der Waals surface area contributed by atoms with E-state index in [2.05, 4.69) is 5.32 Å². The molecule has 0 saturated heterocycles. The molecule has 0 aromatic heterocycles. The maximum absolute atomic E-state index is 14.0.